The first-order chi connectivity index (χ1) is 15.0. The van der Waals surface area contributed by atoms with Gasteiger partial charge in [-0.2, -0.15) is 0 Å². The molecule has 0 aromatic heterocycles. The van der Waals surface area contributed by atoms with Crippen LogP contribution in [-0.4, -0.2) is 30.5 Å². The number of benzene rings is 3. The maximum absolute atomic E-state index is 13.3. The van der Waals surface area contributed by atoms with E-state index < -0.39 is 11.5 Å². The highest BCUT2D eigenvalue weighted by Gasteiger charge is 2.50. The smallest absolute Gasteiger partial charge is 0.264 e. The van der Waals surface area contributed by atoms with E-state index in [2.05, 4.69) is 12.1 Å². The first-order valence-corrected chi connectivity index (χ1v) is 10.4. The minimum atomic E-state index is -1.86. The Morgan fingerprint density at radius 3 is 2.35 bits per heavy atom. The number of carbonyl (C=O) groups is 2. The summed E-state index contributed by atoms with van der Waals surface area (Å²) in [5, 5.41) is 11.4. The predicted octanol–water partition coefficient (Wildman–Crippen LogP) is 4.14. The fourth-order valence-corrected chi connectivity index (χ4v) is 4.10. The molecule has 0 aliphatic carbocycles. The van der Waals surface area contributed by atoms with Crippen LogP contribution in [0.3, 0.4) is 0 Å². The van der Waals surface area contributed by atoms with E-state index in [1.165, 1.54) is 5.56 Å². The highest BCUT2D eigenvalue weighted by Crippen LogP contribution is 2.43. The van der Waals surface area contributed by atoms with Gasteiger partial charge >= 0.3 is 0 Å². The van der Waals surface area contributed by atoms with Gasteiger partial charge in [-0.1, -0.05) is 48.5 Å². The van der Waals surface area contributed by atoms with Crippen molar-refractivity contribution in [3.05, 3.63) is 95.6 Å². The van der Waals surface area contributed by atoms with Crippen LogP contribution < -0.4 is 9.64 Å². The number of aliphatic hydroxyl groups is 1. The SMILES string of the molecule is COc1ccc(C(=O)CC2(O)C(=O)N(CCCc3ccccc3)c3ccccc32)cc1. The molecule has 5 nitrogen and oxygen atoms in total. The highest BCUT2D eigenvalue weighted by atomic mass is 16.5. The summed E-state index contributed by atoms with van der Waals surface area (Å²) < 4.78 is 5.13. The highest BCUT2D eigenvalue weighted by molar-refractivity contribution is 6.10. The molecule has 1 aliphatic rings. The zero-order valence-electron chi connectivity index (χ0n) is 17.5. The molecule has 3 aromatic carbocycles. The van der Waals surface area contributed by atoms with E-state index in [0.717, 1.165) is 12.8 Å². The number of carbonyl (C=O) groups excluding carboxylic acids is 2. The summed E-state index contributed by atoms with van der Waals surface area (Å²) in [7, 11) is 1.56. The Bertz CT molecular complexity index is 1080. The third-order valence-electron chi connectivity index (χ3n) is 5.76. The number of nitrogens with zero attached hydrogens (tertiary/aromatic N) is 1. The molecule has 4 rings (SSSR count). The van der Waals surface area contributed by atoms with Crippen molar-refractivity contribution in [3.8, 4) is 5.75 Å². The summed E-state index contributed by atoms with van der Waals surface area (Å²) in [6.45, 7) is 0.476. The van der Waals surface area contributed by atoms with Crippen molar-refractivity contribution >= 4 is 17.4 Å². The van der Waals surface area contributed by atoms with Gasteiger partial charge in [0.1, 0.15) is 5.75 Å². The lowest BCUT2D eigenvalue weighted by atomic mass is 9.88. The van der Waals surface area contributed by atoms with Crippen LogP contribution >= 0.6 is 0 Å². The summed E-state index contributed by atoms with van der Waals surface area (Å²) in [6, 6.07) is 23.9. The molecule has 1 aliphatic heterocycles. The first kappa shape index (κ1) is 20.8. The van der Waals surface area contributed by atoms with Crippen molar-refractivity contribution < 1.29 is 19.4 Å². The maximum Gasteiger partial charge on any atom is 0.264 e. The third kappa shape index (κ3) is 4.09. The van der Waals surface area contributed by atoms with E-state index in [9.17, 15) is 14.7 Å². The molecule has 5 heteroatoms. The molecule has 0 bridgehead atoms. The number of rotatable bonds is 8. The van der Waals surface area contributed by atoms with E-state index in [-0.39, 0.29) is 12.2 Å². The normalized spacial score (nSPS) is 17.5. The first-order valence-electron chi connectivity index (χ1n) is 10.4. The molecule has 0 radical (unpaired) electrons. The topological polar surface area (TPSA) is 66.8 Å². The Kier molecular flexibility index (Phi) is 5.87. The fourth-order valence-electron chi connectivity index (χ4n) is 4.10. The van der Waals surface area contributed by atoms with Gasteiger partial charge in [-0.25, -0.2) is 0 Å². The van der Waals surface area contributed by atoms with Gasteiger partial charge in [-0.15, -0.1) is 0 Å². The quantitative estimate of drug-likeness (QED) is 0.562. The van der Waals surface area contributed by atoms with Crippen LogP contribution in [-0.2, 0) is 16.8 Å². The largest absolute Gasteiger partial charge is 0.497 e. The van der Waals surface area contributed by atoms with Gasteiger partial charge in [-0.05, 0) is 48.7 Å². The second-order valence-corrected chi connectivity index (χ2v) is 7.75. The predicted molar refractivity (Wildman–Crippen MR) is 119 cm³/mol. The van der Waals surface area contributed by atoms with Crippen molar-refractivity contribution in [2.24, 2.45) is 0 Å². The molecule has 1 unspecified atom stereocenters. The Balaban J connectivity index is 1.53. The molecule has 3 aromatic rings. The lowest BCUT2D eigenvalue weighted by Gasteiger charge is -2.23. The number of hydrogen-bond donors (Lipinski definition) is 1. The van der Waals surface area contributed by atoms with E-state index >= 15 is 0 Å². The van der Waals surface area contributed by atoms with E-state index in [1.54, 1.807) is 48.4 Å². The summed E-state index contributed by atoms with van der Waals surface area (Å²) in [6.07, 6.45) is 1.28. The lowest BCUT2D eigenvalue weighted by molar-refractivity contribution is -0.135. The molecule has 158 valence electrons. The minimum absolute atomic E-state index is 0.292. The van der Waals surface area contributed by atoms with Crippen LogP contribution in [0.2, 0.25) is 0 Å². The molecular weight excluding hydrogens is 390 g/mol. The summed E-state index contributed by atoms with van der Waals surface area (Å²) in [4.78, 5) is 27.8. The van der Waals surface area contributed by atoms with Gasteiger partial charge in [0.15, 0.2) is 11.4 Å². The second kappa shape index (κ2) is 8.74. The van der Waals surface area contributed by atoms with Crippen LogP contribution in [0.5, 0.6) is 5.75 Å². The molecule has 0 saturated heterocycles. The van der Waals surface area contributed by atoms with Gasteiger partial charge in [0.2, 0.25) is 0 Å². The zero-order valence-corrected chi connectivity index (χ0v) is 17.5. The molecule has 0 fully saturated rings. The molecule has 0 saturated carbocycles. The number of ketones is 1. The summed E-state index contributed by atoms with van der Waals surface area (Å²) in [5.74, 6) is -0.0924. The Labute approximate surface area is 181 Å². The van der Waals surface area contributed by atoms with E-state index in [4.69, 9.17) is 4.74 Å². The number of aryl methyl sites for hydroxylation is 1. The number of ether oxygens (including phenoxy) is 1. The molecule has 1 atom stereocenters. The van der Waals surface area contributed by atoms with Crippen LogP contribution in [0.25, 0.3) is 0 Å². The molecule has 1 amide bonds. The maximum atomic E-state index is 13.3. The van der Waals surface area contributed by atoms with Gasteiger partial charge in [0.25, 0.3) is 5.91 Å². The van der Waals surface area contributed by atoms with Crippen LogP contribution in [0, 0.1) is 0 Å². The van der Waals surface area contributed by atoms with Crippen molar-refractivity contribution in [3.63, 3.8) is 0 Å². The number of hydrogen-bond acceptors (Lipinski definition) is 4. The van der Waals surface area contributed by atoms with Gasteiger partial charge in [0, 0.05) is 17.7 Å². The van der Waals surface area contributed by atoms with E-state index in [0.29, 0.717) is 29.1 Å². The van der Waals surface area contributed by atoms with Crippen molar-refractivity contribution in [1.82, 2.24) is 0 Å². The average molecular weight is 415 g/mol. The number of fused-ring (bicyclic) bond motifs is 1. The lowest BCUT2D eigenvalue weighted by Crippen LogP contribution is -2.42. The molecule has 1 heterocycles. The number of anilines is 1. The Hall–Kier alpha value is -3.44. The number of para-hydroxylation sites is 1. The van der Waals surface area contributed by atoms with Gasteiger partial charge in [-0.3, -0.25) is 9.59 Å². The fraction of sp³-hybridized carbons (Fsp3) is 0.231. The third-order valence-corrected chi connectivity index (χ3v) is 5.76. The monoisotopic (exact) mass is 415 g/mol. The zero-order chi connectivity index (χ0) is 21.8. The average Bonchev–Trinajstić information content (AvgIpc) is 3.01. The summed E-state index contributed by atoms with van der Waals surface area (Å²) >= 11 is 0. The summed E-state index contributed by atoms with van der Waals surface area (Å²) in [5.41, 5.74) is 0.932. The van der Waals surface area contributed by atoms with Crippen LogP contribution in [0.1, 0.15) is 34.3 Å². The van der Waals surface area contributed by atoms with Crippen molar-refractivity contribution in [1.29, 1.82) is 0 Å². The number of methoxy groups -OCH3 is 1. The van der Waals surface area contributed by atoms with Gasteiger partial charge < -0.3 is 14.7 Å². The number of Topliss-reactive ketones (excluding diaryl/α,β-unsaturated/α-hetero) is 1. The van der Waals surface area contributed by atoms with Crippen molar-refractivity contribution in [2.75, 3.05) is 18.6 Å². The molecule has 1 N–H and O–H groups in total. The molecule has 0 spiro atoms. The van der Waals surface area contributed by atoms with E-state index in [1.807, 2.05) is 30.3 Å². The number of amides is 1. The Morgan fingerprint density at radius 2 is 1.65 bits per heavy atom. The molecule has 31 heavy (non-hydrogen) atoms. The second-order valence-electron chi connectivity index (χ2n) is 7.75. The van der Waals surface area contributed by atoms with Crippen LogP contribution in [0.15, 0.2) is 78.9 Å². The minimum Gasteiger partial charge on any atom is -0.497 e. The standard InChI is InChI=1S/C26H25NO4/c1-31-21-15-13-20(14-16-21)24(28)18-26(30)22-11-5-6-12-23(22)27(25(26)29)17-7-10-19-8-3-2-4-9-19/h2-6,8-9,11-16,30H,7,10,17-18H2,1H3. The van der Waals surface area contributed by atoms with Crippen molar-refractivity contribution in [2.45, 2.75) is 24.9 Å². The Morgan fingerprint density at radius 1 is 0.968 bits per heavy atom. The van der Waals surface area contributed by atoms with Gasteiger partial charge in [0.05, 0.1) is 19.2 Å². The van der Waals surface area contributed by atoms with Crippen LogP contribution in [0.4, 0.5) is 5.69 Å². The molecular formula is C26H25NO4.